The summed E-state index contributed by atoms with van der Waals surface area (Å²) in [4.78, 5) is 0. The van der Waals surface area contributed by atoms with E-state index in [1.807, 2.05) is 58.0 Å². The van der Waals surface area contributed by atoms with E-state index >= 15 is 0 Å². The quantitative estimate of drug-likeness (QED) is 0.755. The molecule has 3 nitrogen and oxygen atoms in total. The smallest absolute Gasteiger partial charge is 0.0698 e. The Kier molecular flexibility index (Phi) is 2.56. The standard InChI is InChI=1S/C14H19N2O/c1-13(2)9-12(14(3,4)16(13)17)10-6-5-7-11(15)8-10/h5-9H,15H2,1-4H3. The molecule has 1 aliphatic heterocycles. The molecule has 3 heteroatoms. The Morgan fingerprint density at radius 3 is 2.29 bits per heavy atom. The molecule has 0 atom stereocenters. The maximum Gasteiger partial charge on any atom is 0.0698 e. The third-order valence-electron chi connectivity index (χ3n) is 3.39. The van der Waals surface area contributed by atoms with Gasteiger partial charge < -0.3 is 5.73 Å². The van der Waals surface area contributed by atoms with E-state index < -0.39 is 11.1 Å². The number of hydroxylamine groups is 2. The second kappa shape index (κ2) is 3.59. The van der Waals surface area contributed by atoms with E-state index in [1.165, 1.54) is 0 Å². The maximum absolute atomic E-state index is 12.3. The number of nitrogen functional groups attached to an aromatic ring is 1. The third-order valence-corrected chi connectivity index (χ3v) is 3.39. The van der Waals surface area contributed by atoms with E-state index in [1.54, 1.807) is 0 Å². The number of hydrogen-bond acceptors (Lipinski definition) is 2. The minimum Gasteiger partial charge on any atom is -0.399 e. The average Bonchev–Trinajstić information content (AvgIpc) is 2.39. The van der Waals surface area contributed by atoms with Gasteiger partial charge in [0.25, 0.3) is 0 Å². The molecule has 0 aliphatic carbocycles. The number of hydrogen-bond donors (Lipinski definition) is 1. The summed E-state index contributed by atoms with van der Waals surface area (Å²) < 4.78 is 0. The first-order valence-electron chi connectivity index (χ1n) is 5.82. The fourth-order valence-corrected chi connectivity index (χ4v) is 2.56. The summed E-state index contributed by atoms with van der Waals surface area (Å²) in [6, 6.07) is 7.69. The van der Waals surface area contributed by atoms with Gasteiger partial charge in [0.1, 0.15) is 0 Å². The van der Waals surface area contributed by atoms with Crippen LogP contribution in [0.4, 0.5) is 5.69 Å². The zero-order valence-corrected chi connectivity index (χ0v) is 10.8. The lowest BCUT2D eigenvalue weighted by atomic mass is 9.90. The lowest BCUT2D eigenvalue weighted by Crippen LogP contribution is -2.46. The Bertz CT molecular complexity index is 475. The van der Waals surface area contributed by atoms with Crippen LogP contribution >= 0.6 is 0 Å². The molecule has 1 aromatic rings. The van der Waals surface area contributed by atoms with Crippen molar-refractivity contribution in [2.45, 2.75) is 38.8 Å². The highest BCUT2D eigenvalue weighted by Gasteiger charge is 2.46. The third kappa shape index (κ3) is 1.85. The SMILES string of the molecule is CC1(C)C=C(c2cccc(N)c2)C(C)(C)N1[O]. The van der Waals surface area contributed by atoms with Crippen LogP contribution in [0.25, 0.3) is 5.57 Å². The largest absolute Gasteiger partial charge is 0.399 e. The molecule has 2 N–H and O–H groups in total. The van der Waals surface area contributed by atoms with Gasteiger partial charge >= 0.3 is 0 Å². The highest BCUT2D eigenvalue weighted by atomic mass is 16.5. The summed E-state index contributed by atoms with van der Waals surface area (Å²) >= 11 is 0. The fraction of sp³-hybridized carbons (Fsp3) is 0.429. The van der Waals surface area contributed by atoms with Crippen LogP contribution in [0.5, 0.6) is 0 Å². The van der Waals surface area contributed by atoms with Crippen LogP contribution in [0.3, 0.4) is 0 Å². The molecule has 1 radical (unpaired) electrons. The second-order valence-electron chi connectivity index (χ2n) is 5.69. The molecule has 0 aromatic heterocycles. The molecule has 1 aromatic carbocycles. The Morgan fingerprint density at radius 2 is 1.82 bits per heavy atom. The predicted octanol–water partition coefficient (Wildman–Crippen LogP) is 2.87. The first-order chi connectivity index (χ1) is 7.75. The minimum atomic E-state index is -0.517. The second-order valence-corrected chi connectivity index (χ2v) is 5.69. The average molecular weight is 231 g/mol. The minimum absolute atomic E-state index is 0.469. The summed E-state index contributed by atoms with van der Waals surface area (Å²) in [5.74, 6) is 0. The van der Waals surface area contributed by atoms with Crippen LogP contribution in [-0.4, -0.2) is 16.1 Å². The van der Waals surface area contributed by atoms with E-state index in [9.17, 15) is 5.21 Å². The van der Waals surface area contributed by atoms with E-state index in [-0.39, 0.29) is 0 Å². The number of rotatable bonds is 1. The molecule has 0 fully saturated rings. The van der Waals surface area contributed by atoms with Crippen molar-refractivity contribution in [3.05, 3.63) is 35.9 Å². The van der Waals surface area contributed by atoms with Gasteiger partial charge in [0.15, 0.2) is 0 Å². The molecule has 91 valence electrons. The van der Waals surface area contributed by atoms with Crippen LogP contribution in [0.1, 0.15) is 33.3 Å². The Morgan fingerprint density at radius 1 is 1.18 bits per heavy atom. The molecule has 0 bridgehead atoms. The zero-order chi connectivity index (χ0) is 12.8. The van der Waals surface area contributed by atoms with Crippen molar-refractivity contribution in [1.82, 2.24) is 5.06 Å². The van der Waals surface area contributed by atoms with Crippen molar-refractivity contribution < 1.29 is 5.21 Å². The first-order valence-corrected chi connectivity index (χ1v) is 5.82. The van der Waals surface area contributed by atoms with Crippen LogP contribution < -0.4 is 5.73 Å². The van der Waals surface area contributed by atoms with Gasteiger partial charge in [-0.25, -0.2) is 0 Å². The van der Waals surface area contributed by atoms with Crippen molar-refractivity contribution >= 4 is 11.3 Å². The van der Waals surface area contributed by atoms with Gasteiger partial charge in [0, 0.05) is 5.69 Å². The topological polar surface area (TPSA) is 49.2 Å². The first kappa shape index (κ1) is 12.1. The zero-order valence-electron chi connectivity index (χ0n) is 10.8. The Labute approximate surface area is 103 Å². The van der Waals surface area contributed by atoms with E-state index in [2.05, 4.69) is 0 Å². The summed E-state index contributed by atoms with van der Waals surface area (Å²) in [6.45, 7) is 7.76. The van der Waals surface area contributed by atoms with Crippen LogP contribution in [0.2, 0.25) is 0 Å². The van der Waals surface area contributed by atoms with Gasteiger partial charge in [0.2, 0.25) is 0 Å². The predicted molar refractivity (Wildman–Crippen MR) is 69.5 cm³/mol. The van der Waals surface area contributed by atoms with Crippen molar-refractivity contribution in [3.8, 4) is 0 Å². The summed E-state index contributed by atoms with van der Waals surface area (Å²) in [6.07, 6.45) is 2.04. The molecule has 0 spiro atoms. The maximum atomic E-state index is 12.3. The number of nitrogens with zero attached hydrogens (tertiary/aromatic N) is 1. The van der Waals surface area contributed by atoms with Gasteiger partial charge in [0.05, 0.1) is 11.1 Å². The monoisotopic (exact) mass is 231 g/mol. The van der Waals surface area contributed by atoms with Gasteiger partial charge in [-0.2, -0.15) is 0 Å². The molecule has 2 rings (SSSR count). The lowest BCUT2D eigenvalue weighted by Gasteiger charge is -2.34. The Hall–Kier alpha value is -1.32. The molecule has 0 saturated heterocycles. The van der Waals surface area contributed by atoms with Crippen molar-refractivity contribution in [1.29, 1.82) is 0 Å². The number of anilines is 1. The summed E-state index contributed by atoms with van der Waals surface area (Å²) in [7, 11) is 0. The van der Waals surface area contributed by atoms with Crippen LogP contribution in [-0.2, 0) is 5.21 Å². The fourth-order valence-electron chi connectivity index (χ4n) is 2.56. The van der Waals surface area contributed by atoms with Gasteiger partial charge in [-0.3, -0.25) is 0 Å². The van der Waals surface area contributed by atoms with Gasteiger partial charge in [-0.15, -0.1) is 10.3 Å². The molecular weight excluding hydrogens is 212 g/mol. The van der Waals surface area contributed by atoms with E-state index in [0.29, 0.717) is 0 Å². The summed E-state index contributed by atoms with van der Waals surface area (Å²) in [5.41, 5.74) is 7.61. The number of benzene rings is 1. The highest BCUT2D eigenvalue weighted by Crippen LogP contribution is 2.43. The Balaban J connectivity index is 2.53. The molecule has 0 saturated carbocycles. The van der Waals surface area contributed by atoms with Crippen LogP contribution in [0, 0.1) is 0 Å². The van der Waals surface area contributed by atoms with Crippen molar-refractivity contribution in [2.24, 2.45) is 0 Å². The molecule has 0 amide bonds. The number of nitrogens with two attached hydrogens (primary N) is 1. The van der Waals surface area contributed by atoms with Crippen molar-refractivity contribution in [2.75, 3.05) is 5.73 Å². The lowest BCUT2D eigenvalue weighted by molar-refractivity contribution is -0.234. The molecular formula is C14H19N2O. The van der Waals surface area contributed by atoms with E-state index in [0.717, 1.165) is 21.9 Å². The highest BCUT2D eigenvalue weighted by molar-refractivity contribution is 5.77. The van der Waals surface area contributed by atoms with Gasteiger partial charge in [-0.05, 0) is 51.0 Å². The molecule has 1 heterocycles. The van der Waals surface area contributed by atoms with Crippen LogP contribution in [0.15, 0.2) is 30.3 Å². The van der Waals surface area contributed by atoms with Gasteiger partial charge in [-0.1, -0.05) is 18.2 Å². The normalized spacial score (nSPS) is 22.5. The molecule has 0 unspecified atom stereocenters. The molecule has 1 aliphatic rings. The molecule has 17 heavy (non-hydrogen) atoms. The summed E-state index contributed by atoms with van der Waals surface area (Å²) in [5, 5.41) is 13.4. The van der Waals surface area contributed by atoms with Crippen molar-refractivity contribution in [3.63, 3.8) is 0 Å². The van der Waals surface area contributed by atoms with E-state index in [4.69, 9.17) is 5.73 Å².